The standard InChI is InChI=1S/C14H19N3O2/c1-11(13(15)18)16-7-9-17(10-8-16)14(19)12-5-3-2-4-6-12/h2-6,11H,7-10H2,1H3,(H2,15,18)/p+1/t11-/m1/s1. The highest BCUT2D eigenvalue weighted by molar-refractivity contribution is 5.94. The number of carbonyl (C=O) groups excluding carboxylic acids is 2. The molecule has 2 rings (SSSR count). The number of primary amides is 1. The Bertz CT molecular complexity index is 453. The molecule has 1 heterocycles. The summed E-state index contributed by atoms with van der Waals surface area (Å²) in [5.74, 6) is -0.218. The minimum atomic E-state index is -0.280. The molecular formula is C14H20N3O2+. The van der Waals surface area contributed by atoms with E-state index in [0.29, 0.717) is 18.7 Å². The van der Waals surface area contributed by atoms with E-state index in [0.717, 1.165) is 18.0 Å². The summed E-state index contributed by atoms with van der Waals surface area (Å²) in [5, 5.41) is 0. The Morgan fingerprint density at radius 2 is 1.79 bits per heavy atom. The van der Waals surface area contributed by atoms with Crippen LogP contribution in [-0.2, 0) is 4.79 Å². The van der Waals surface area contributed by atoms with Crippen molar-refractivity contribution in [2.75, 3.05) is 26.2 Å². The fraction of sp³-hybridized carbons (Fsp3) is 0.429. The van der Waals surface area contributed by atoms with Crippen LogP contribution in [0, 0.1) is 0 Å². The normalized spacial score (nSPS) is 18.1. The first kappa shape index (κ1) is 13.5. The van der Waals surface area contributed by atoms with E-state index in [1.807, 2.05) is 42.2 Å². The monoisotopic (exact) mass is 262 g/mol. The van der Waals surface area contributed by atoms with Gasteiger partial charge in [0.1, 0.15) is 0 Å². The minimum Gasteiger partial charge on any atom is -0.365 e. The van der Waals surface area contributed by atoms with Gasteiger partial charge in [-0.05, 0) is 19.1 Å². The molecule has 1 aromatic carbocycles. The lowest BCUT2D eigenvalue weighted by Gasteiger charge is -2.34. The van der Waals surface area contributed by atoms with Crippen LogP contribution in [0.25, 0.3) is 0 Å². The highest BCUT2D eigenvalue weighted by Gasteiger charge is 2.29. The number of benzene rings is 1. The second-order valence-electron chi connectivity index (χ2n) is 4.94. The fourth-order valence-corrected chi connectivity index (χ4v) is 2.39. The number of nitrogens with zero attached hydrogens (tertiary/aromatic N) is 1. The Kier molecular flexibility index (Phi) is 4.16. The highest BCUT2D eigenvalue weighted by Crippen LogP contribution is 2.04. The zero-order chi connectivity index (χ0) is 13.8. The van der Waals surface area contributed by atoms with Crippen LogP contribution >= 0.6 is 0 Å². The summed E-state index contributed by atoms with van der Waals surface area (Å²) >= 11 is 0. The molecule has 2 amide bonds. The maximum absolute atomic E-state index is 12.2. The number of amides is 2. The van der Waals surface area contributed by atoms with Crippen molar-refractivity contribution in [1.82, 2.24) is 4.90 Å². The second kappa shape index (κ2) is 5.84. The quantitative estimate of drug-likeness (QED) is 0.726. The number of carbonyl (C=O) groups is 2. The molecule has 0 saturated carbocycles. The first-order valence-corrected chi connectivity index (χ1v) is 6.58. The molecule has 19 heavy (non-hydrogen) atoms. The lowest BCUT2D eigenvalue weighted by Crippen LogP contribution is -3.19. The molecule has 0 unspecified atom stereocenters. The van der Waals surface area contributed by atoms with Crippen LogP contribution in [0.2, 0.25) is 0 Å². The van der Waals surface area contributed by atoms with Crippen LogP contribution in [0.15, 0.2) is 30.3 Å². The van der Waals surface area contributed by atoms with Crippen molar-refractivity contribution in [3.8, 4) is 0 Å². The maximum atomic E-state index is 12.2. The fourth-order valence-electron chi connectivity index (χ4n) is 2.39. The molecule has 5 heteroatoms. The van der Waals surface area contributed by atoms with E-state index >= 15 is 0 Å². The lowest BCUT2D eigenvalue weighted by molar-refractivity contribution is -0.917. The topological polar surface area (TPSA) is 67.8 Å². The van der Waals surface area contributed by atoms with Crippen molar-refractivity contribution < 1.29 is 14.5 Å². The SMILES string of the molecule is C[C@H](C(N)=O)[NH+]1CCN(C(=O)c2ccccc2)CC1. The van der Waals surface area contributed by atoms with Crippen molar-refractivity contribution in [2.24, 2.45) is 5.73 Å². The van der Waals surface area contributed by atoms with Crippen molar-refractivity contribution >= 4 is 11.8 Å². The van der Waals surface area contributed by atoms with Gasteiger partial charge < -0.3 is 15.5 Å². The summed E-state index contributed by atoms with van der Waals surface area (Å²) in [7, 11) is 0. The highest BCUT2D eigenvalue weighted by atomic mass is 16.2. The van der Waals surface area contributed by atoms with Gasteiger partial charge >= 0.3 is 0 Å². The van der Waals surface area contributed by atoms with E-state index in [4.69, 9.17) is 5.73 Å². The van der Waals surface area contributed by atoms with Gasteiger partial charge in [0, 0.05) is 5.56 Å². The van der Waals surface area contributed by atoms with Crippen molar-refractivity contribution in [1.29, 1.82) is 0 Å². The third-order valence-electron chi connectivity index (χ3n) is 3.75. The molecule has 5 nitrogen and oxygen atoms in total. The van der Waals surface area contributed by atoms with Gasteiger partial charge in [-0.2, -0.15) is 0 Å². The number of hydrogen-bond acceptors (Lipinski definition) is 2. The number of nitrogens with two attached hydrogens (primary N) is 1. The number of hydrogen-bond donors (Lipinski definition) is 2. The summed E-state index contributed by atoms with van der Waals surface area (Å²) in [6, 6.07) is 9.09. The minimum absolute atomic E-state index is 0.0615. The molecule has 1 fully saturated rings. The summed E-state index contributed by atoms with van der Waals surface area (Å²) in [6.07, 6.45) is 0. The molecule has 0 aliphatic carbocycles. The van der Waals surface area contributed by atoms with E-state index in [1.165, 1.54) is 0 Å². The Morgan fingerprint density at radius 1 is 1.21 bits per heavy atom. The van der Waals surface area contributed by atoms with E-state index in [9.17, 15) is 9.59 Å². The third-order valence-corrected chi connectivity index (χ3v) is 3.75. The van der Waals surface area contributed by atoms with Gasteiger partial charge in [0.05, 0.1) is 26.2 Å². The molecule has 0 radical (unpaired) electrons. The second-order valence-corrected chi connectivity index (χ2v) is 4.94. The predicted molar refractivity (Wildman–Crippen MR) is 71.7 cm³/mol. The lowest BCUT2D eigenvalue weighted by atomic mass is 10.1. The molecule has 102 valence electrons. The van der Waals surface area contributed by atoms with Crippen LogP contribution in [0.3, 0.4) is 0 Å². The number of rotatable bonds is 3. The average molecular weight is 262 g/mol. The van der Waals surface area contributed by atoms with Gasteiger partial charge in [-0.25, -0.2) is 0 Å². The molecule has 0 bridgehead atoms. The summed E-state index contributed by atoms with van der Waals surface area (Å²) in [4.78, 5) is 26.4. The van der Waals surface area contributed by atoms with Crippen molar-refractivity contribution in [2.45, 2.75) is 13.0 Å². The molecule has 1 aliphatic rings. The molecule has 1 aromatic rings. The van der Waals surface area contributed by atoms with Crippen molar-refractivity contribution in [3.63, 3.8) is 0 Å². The predicted octanol–water partition coefficient (Wildman–Crippen LogP) is -1.10. The zero-order valence-corrected chi connectivity index (χ0v) is 11.1. The summed E-state index contributed by atoms with van der Waals surface area (Å²) in [5.41, 5.74) is 6.03. The summed E-state index contributed by atoms with van der Waals surface area (Å²) in [6.45, 7) is 4.71. The van der Waals surface area contributed by atoms with Gasteiger partial charge in [-0.3, -0.25) is 9.59 Å². The molecule has 0 spiro atoms. The molecular weight excluding hydrogens is 242 g/mol. The van der Waals surface area contributed by atoms with Crippen LogP contribution < -0.4 is 10.6 Å². The molecule has 3 N–H and O–H groups in total. The van der Waals surface area contributed by atoms with Gasteiger partial charge in [-0.15, -0.1) is 0 Å². The van der Waals surface area contributed by atoms with E-state index in [-0.39, 0.29) is 17.9 Å². The van der Waals surface area contributed by atoms with Crippen LogP contribution in [0.4, 0.5) is 0 Å². The summed E-state index contributed by atoms with van der Waals surface area (Å²) < 4.78 is 0. The van der Waals surface area contributed by atoms with Crippen LogP contribution in [0.5, 0.6) is 0 Å². The molecule has 0 aromatic heterocycles. The van der Waals surface area contributed by atoms with Gasteiger partial charge in [0.2, 0.25) is 0 Å². The molecule has 1 aliphatic heterocycles. The smallest absolute Gasteiger partial charge is 0.275 e. The zero-order valence-electron chi connectivity index (χ0n) is 11.1. The van der Waals surface area contributed by atoms with E-state index in [2.05, 4.69) is 0 Å². The van der Waals surface area contributed by atoms with Gasteiger partial charge in [0.15, 0.2) is 6.04 Å². The van der Waals surface area contributed by atoms with Crippen LogP contribution in [-0.4, -0.2) is 48.9 Å². The average Bonchev–Trinajstić information content (AvgIpc) is 2.46. The molecule has 1 atom stereocenters. The van der Waals surface area contributed by atoms with Crippen LogP contribution in [0.1, 0.15) is 17.3 Å². The van der Waals surface area contributed by atoms with E-state index < -0.39 is 0 Å². The largest absolute Gasteiger partial charge is 0.365 e. The Hall–Kier alpha value is -1.88. The Balaban J connectivity index is 1.93. The van der Waals surface area contributed by atoms with E-state index in [1.54, 1.807) is 0 Å². The van der Waals surface area contributed by atoms with Crippen molar-refractivity contribution in [3.05, 3.63) is 35.9 Å². The first-order chi connectivity index (χ1) is 9.09. The first-order valence-electron chi connectivity index (χ1n) is 6.58. The Labute approximate surface area is 113 Å². The maximum Gasteiger partial charge on any atom is 0.275 e. The Morgan fingerprint density at radius 3 is 2.32 bits per heavy atom. The van der Waals surface area contributed by atoms with Gasteiger partial charge in [0.25, 0.3) is 11.8 Å². The number of nitrogens with one attached hydrogen (secondary N) is 1. The molecule has 1 saturated heterocycles. The third kappa shape index (κ3) is 3.12. The van der Waals surface area contributed by atoms with Gasteiger partial charge in [-0.1, -0.05) is 18.2 Å². The number of quaternary nitrogens is 1. The number of piperazine rings is 1.